The first-order chi connectivity index (χ1) is 28.2. The van der Waals surface area contributed by atoms with Gasteiger partial charge in [-0.15, -0.1) is 11.3 Å². The Morgan fingerprint density at radius 3 is 2.02 bits per heavy atom. The number of para-hydroxylation sites is 2. The lowest BCUT2D eigenvalue weighted by Crippen LogP contribution is -2.33. The van der Waals surface area contributed by atoms with Crippen molar-refractivity contribution in [1.82, 2.24) is 9.88 Å². The number of amidine groups is 2. The van der Waals surface area contributed by atoms with E-state index in [2.05, 4.69) is 168 Å². The Labute approximate surface area is 331 Å². The zero-order valence-corrected chi connectivity index (χ0v) is 31.4. The molecule has 1 unspecified atom stereocenters. The largest absolute Gasteiger partial charge is 0.456 e. The van der Waals surface area contributed by atoms with Gasteiger partial charge in [0, 0.05) is 47.5 Å². The predicted molar refractivity (Wildman–Crippen MR) is 238 cm³/mol. The van der Waals surface area contributed by atoms with Crippen LogP contribution in [0.5, 0.6) is 0 Å². The van der Waals surface area contributed by atoms with E-state index in [1.54, 1.807) is 0 Å². The van der Waals surface area contributed by atoms with Crippen molar-refractivity contribution in [3.05, 3.63) is 199 Å². The van der Waals surface area contributed by atoms with Gasteiger partial charge < -0.3 is 14.3 Å². The number of benzene rings is 8. The maximum Gasteiger partial charge on any atom is 0.159 e. The summed E-state index contributed by atoms with van der Waals surface area (Å²) in [5.41, 5.74) is 10.7. The summed E-state index contributed by atoms with van der Waals surface area (Å²) in [6, 6.07) is 64.3. The molecule has 0 saturated heterocycles. The predicted octanol–water partition coefficient (Wildman–Crippen LogP) is 13.2. The summed E-state index contributed by atoms with van der Waals surface area (Å²) in [5, 5.41) is 10.8. The van der Waals surface area contributed by atoms with E-state index >= 15 is 0 Å². The van der Waals surface area contributed by atoms with Gasteiger partial charge in [0.2, 0.25) is 0 Å². The highest BCUT2D eigenvalue weighted by Crippen LogP contribution is 2.43. The van der Waals surface area contributed by atoms with Crippen molar-refractivity contribution >= 4 is 86.9 Å². The van der Waals surface area contributed by atoms with Gasteiger partial charge in [0.1, 0.15) is 23.2 Å². The molecule has 0 bridgehead atoms. The molecule has 6 heteroatoms. The molecule has 0 saturated carbocycles. The smallest absolute Gasteiger partial charge is 0.159 e. The van der Waals surface area contributed by atoms with Crippen LogP contribution in [0.15, 0.2) is 196 Å². The third-order valence-electron chi connectivity index (χ3n) is 11.3. The molecular formula is C51H32N4OS. The molecule has 1 atom stereocenters. The highest BCUT2D eigenvalue weighted by molar-refractivity contribution is 7.26. The average Bonchev–Trinajstić information content (AvgIpc) is 3.96. The second-order valence-corrected chi connectivity index (χ2v) is 15.6. The molecule has 1 N–H and O–H groups in total. The van der Waals surface area contributed by atoms with Crippen LogP contribution in [0.4, 0.5) is 0 Å². The second-order valence-electron chi connectivity index (χ2n) is 14.6. The fourth-order valence-corrected chi connectivity index (χ4v) is 9.85. The van der Waals surface area contributed by atoms with Crippen molar-refractivity contribution in [3.8, 4) is 16.8 Å². The van der Waals surface area contributed by atoms with Gasteiger partial charge in [0.15, 0.2) is 5.84 Å². The van der Waals surface area contributed by atoms with Crippen LogP contribution in [0, 0.1) is 0 Å². The second kappa shape index (κ2) is 12.6. The third-order valence-corrected chi connectivity index (χ3v) is 12.5. The molecule has 8 aromatic carbocycles. The first kappa shape index (κ1) is 32.0. The molecule has 0 fully saturated rings. The minimum absolute atomic E-state index is 0.250. The van der Waals surface area contributed by atoms with Crippen LogP contribution in [0.2, 0.25) is 0 Å². The SMILES string of the molecule is c1ccc(C2=NC(c3ccccc3)NC(c3ccc4sc5c(-c6ccc7oc8cccc(-n9c%10ccccc%10c%10ccccc%109)c8c7c6)cccc5c4c3)=N2)cc1. The van der Waals surface area contributed by atoms with Gasteiger partial charge in [-0.3, -0.25) is 0 Å². The quantitative estimate of drug-likeness (QED) is 0.191. The number of hydrogen-bond donors (Lipinski definition) is 1. The Hall–Kier alpha value is -7.28. The number of aromatic nitrogens is 1. The van der Waals surface area contributed by atoms with Crippen LogP contribution < -0.4 is 5.32 Å². The zero-order chi connectivity index (χ0) is 37.5. The first-order valence-corrected chi connectivity index (χ1v) is 20.0. The van der Waals surface area contributed by atoms with Gasteiger partial charge in [-0.05, 0) is 71.3 Å². The molecular weight excluding hydrogens is 717 g/mol. The van der Waals surface area contributed by atoms with E-state index in [-0.39, 0.29) is 6.17 Å². The minimum Gasteiger partial charge on any atom is -0.456 e. The van der Waals surface area contributed by atoms with Crippen molar-refractivity contribution in [2.45, 2.75) is 6.17 Å². The van der Waals surface area contributed by atoms with Gasteiger partial charge >= 0.3 is 0 Å². The molecule has 0 radical (unpaired) electrons. The van der Waals surface area contributed by atoms with E-state index in [1.807, 2.05) is 35.6 Å². The lowest BCUT2D eigenvalue weighted by atomic mass is 9.99. The Bertz CT molecular complexity index is 3390. The van der Waals surface area contributed by atoms with E-state index in [0.717, 1.165) is 61.6 Å². The summed E-state index contributed by atoms with van der Waals surface area (Å²) in [6.07, 6.45) is -0.250. The van der Waals surface area contributed by atoms with E-state index < -0.39 is 0 Å². The van der Waals surface area contributed by atoms with Gasteiger partial charge in [0.05, 0.1) is 22.1 Å². The number of thiophene rings is 1. The molecule has 268 valence electrons. The number of nitrogens with zero attached hydrogens (tertiary/aromatic N) is 3. The molecule has 0 amide bonds. The summed E-state index contributed by atoms with van der Waals surface area (Å²) >= 11 is 1.84. The number of aliphatic imine (C=N–C) groups is 2. The lowest BCUT2D eigenvalue weighted by molar-refractivity contribution is 0.669. The third kappa shape index (κ3) is 5.08. The highest BCUT2D eigenvalue weighted by Gasteiger charge is 2.23. The normalized spacial score (nSPS) is 14.5. The van der Waals surface area contributed by atoms with E-state index in [4.69, 9.17) is 14.4 Å². The molecule has 5 nitrogen and oxygen atoms in total. The van der Waals surface area contributed by atoms with E-state index in [0.29, 0.717) is 0 Å². The molecule has 12 rings (SSSR count). The van der Waals surface area contributed by atoms with Crippen LogP contribution in [0.25, 0.3) is 80.7 Å². The Morgan fingerprint density at radius 1 is 0.526 bits per heavy atom. The number of hydrogen-bond acceptors (Lipinski definition) is 5. The van der Waals surface area contributed by atoms with Crippen molar-refractivity contribution in [2.75, 3.05) is 0 Å². The number of rotatable bonds is 5. The monoisotopic (exact) mass is 748 g/mol. The highest BCUT2D eigenvalue weighted by atomic mass is 32.1. The van der Waals surface area contributed by atoms with Crippen molar-refractivity contribution in [1.29, 1.82) is 0 Å². The zero-order valence-electron chi connectivity index (χ0n) is 30.6. The van der Waals surface area contributed by atoms with E-state index in [9.17, 15) is 0 Å². The maximum absolute atomic E-state index is 6.55. The summed E-state index contributed by atoms with van der Waals surface area (Å²) in [6.45, 7) is 0. The minimum atomic E-state index is -0.250. The molecule has 1 aliphatic heterocycles. The van der Waals surface area contributed by atoms with Gasteiger partial charge in [-0.25, -0.2) is 9.98 Å². The topological polar surface area (TPSA) is 54.8 Å². The fraction of sp³-hybridized carbons (Fsp3) is 0.0196. The molecule has 0 aliphatic carbocycles. The molecule has 11 aromatic rings. The summed E-state index contributed by atoms with van der Waals surface area (Å²) in [4.78, 5) is 10.1. The molecule has 3 aromatic heterocycles. The Kier molecular flexibility index (Phi) is 7.09. The molecule has 0 spiro atoms. The van der Waals surface area contributed by atoms with Crippen molar-refractivity contribution in [2.24, 2.45) is 9.98 Å². The van der Waals surface area contributed by atoms with E-state index in [1.165, 1.54) is 47.5 Å². The Balaban J connectivity index is 0.995. The fourth-order valence-electron chi connectivity index (χ4n) is 8.64. The van der Waals surface area contributed by atoms with Gasteiger partial charge in [-0.2, -0.15) is 0 Å². The van der Waals surface area contributed by atoms with Gasteiger partial charge in [-0.1, -0.05) is 127 Å². The van der Waals surface area contributed by atoms with Crippen LogP contribution in [0.1, 0.15) is 22.9 Å². The summed E-state index contributed by atoms with van der Waals surface area (Å²) < 4.78 is 11.4. The molecule has 1 aliphatic rings. The van der Waals surface area contributed by atoms with Crippen LogP contribution in [-0.2, 0) is 0 Å². The van der Waals surface area contributed by atoms with Gasteiger partial charge in [0.25, 0.3) is 0 Å². The summed E-state index contributed by atoms with van der Waals surface area (Å²) in [7, 11) is 0. The molecule has 4 heterocycles. The first-order valence-electron chi connectivity index (χ1n) is 19.2. The standard InChI is InChI=1S/C51H32N4OS/c1-3-13-31(14-4-1)49-52-50(32-15-5-2-6-16-32)54-51(53-49)34-26-28-46-39(30-34)38-20-11-19-35(48(38)57-46)33-25-27-44-40(29-33)47-43(23-12-24-45(47)56-44)55-41-21-9-7-17-36(41)37-18-8-10-22-42(37)55/h1-30,49H,(H,52,53,54). The molecule has 57 heavy (non-hydrogen) atoms. The average molecular weight is 749 g/mol. The summed E-state index contributed by atoms with van der Waals surface area (Å²) in [5.74, 6) is 1.53. The number of nitrogens with one attached hydrogen (secondary N) is 1. The number of fused-ring (bicyclic) bond motifs is 9. The van der Waals surface area contributed by atoms with Crippen molar-refractivity contribution < 1.29 is 4.42 Å². The van der Waals surface area contributed by atoms with Crippen LogP contribution in [0.3, 0.4) is 0 Å². The van der Waals surface area contributed by atoms with Crippen molar-refractivity contribution in [3.63, 3.8) is 0 Å². The lowest BCUT2D eigenvalue weighted by Gasteiger charge is -2.23. The number of furan rings is 1. The maximum atomic E-state index is 6.55. The van der Waals surface area contributed by atoms with Crippen LogP contribution in [-0.4, -0.2) is 16.2 Å². The van der Waals surface area contributed by atoms with Crippen LogP contribution >= 0.6 is 11.3 Å². The Morgan fingerprint density at radius 2 is 1.21 bits per heavy atom.